The van der Waals surface area contributed by atoms with Crippen molar-refractivity contribution in [1.29, 1.82) is 0 Å². The first-order valence-electron chi connectivity index (χ1n) is 32.7. The van der Waals surface area contributed by atoms with Gasteiger partial charge in [0.15, 0.2) is 37.7 Å². The van der Waals surface area contributed by atoms with Crippen LogP contribution in [0.4, 0.5) is 0 Å². The maximum Gasteiger partial charge on any atom is 0.364 e. The number of aliphatic hydroxyl groups is 25. The number of aliphatic carboxylic acids is 1. The minimum atomic E-state index is -3.06. The van der Waals surface area contributed by atoms with Gasteiger partial charge in [0.1, 0.15) is 189 Å². The zero-order valence-electron chi connectivity index (χ0n) is 55.6. The average Bonchev–Trinajstić information content (AvgIpc) is 0.777. The maximum absolute atomic E-state index is 13.0. The Bertz CT molecular complexity index is 2690. The average molecular weight is 1530 g/mol. The van der Waals surface area contributed by atoms with Crippen molar-refractivity contribution in [2.45, 2.75) is 272 Å². The molecule has 7 heterocycles. The van der Waals surface area contributed by atoms with Crippen molar-refractivity contribution in [2.24, 2.45) is 0 Å². The highest BCUT2D eigenvalue weighted by Gasteiger charge is 2.61. The van der Waals surface area contributed by atoms with E-state index < -0.39 is 334 Å². The third kappa shape index (κ3) is 19.7. The molecule has 0 saturated carbocycles. The first kappa shape index (κ1) is 87.5. The van der Waals surface area contributed by atoms with Crippen LogP contribution >= 0.6 is 0 Å². The van der Waals surface area contributed by atoms with Crippen molar-refractivity contribution in [3.63, 3.8) is 0 Å². The summed E-state index contributed by atoms with van der Waals surface area (Å²) in [5, 5.41) is 288. The number of amides is 3. The zero-order chi connectivity index (χ0) is 77.4. The number of carboxylic acids is 1. The Balaban J connectivity index is 1.13. The number of nitrogens with one attached hydrogen (secondary N) is 3. The fourth-order valence-electron chi connectivity index (χ4n) is 12.8. The molecule has 7 aliphatic heterocycles. The molecule has 0 aromatic rings. The standard InChI is InChI=1S/C57H97N3O44/c1-14(68)58-27-17(71)4-57(56(89)90,104-47(27)31(76)19(73)6-62)92-13-26-33(78)39(84)41(86)53(98-26)100-46-24(11-67)96-51(29(37(46)82)60-16(3)70)102-49-35(80)25(97-55(43(49)88)99-44(20(74)7-63)30(75)18(72)5-61)12-91-50-28(59-15(2)69)36(81)45(23(10-66)95-50)101-54-42(87)48(34(79)22(9-65)94-54)103-52-40(85)38(83)32(77)21(8-64)93-52/h17-55,61-67,71-88H,4-13H2,1-3H3,(H,58,68)(H,59,69)(H,60,70)(H,89,90)/t17-,18-,19+,20+,21+,22+,23+,24+,25+,26+,27+,28+,29+,30+,31+,32-,33-,34-,35-,36+,37+,38-,39-,40+,41+,42+,43+,44+,45+,46+,47+,48-,49-,50+,51-,52+,53-,54-,55-,57+/m0/s1. The lowest BCUT2D eigenvalue weighted by molar-refractivity contribution is -0.382. The zero-order valence-corrected chi connectivity index (χ0v) is 55.6. The van der Waals surface area contributed by atoms with Crippen LogP contribution in [-0.4, -0.2) is 461 Å². The molecular formula is C57H97N3O44. The van der Waals surface area contributed by atoms with Crippen LogP contribution in [-0.2, 0) is 85.5 Å². The molecule has 0 bridgehead atoms. The van der Waals surface area contributed by atoms with E-state index in [1.807, 2.05) is 0 Å². The summed E-state index contributed by atoms with van der Waals surface area (Å²) in [7, 11) is 0. The summed E-state index contributed by atoms with van der Waals surface area (Å²) >= 11 is 0. The summed E-state index contributed by atoms with van der Waals surface area (Å²) in [6, 6.07) is -5.56. The minimum absolute atomic E-state index is 0.829. The van der Waals surface area contributed by atoms with Gasteiger partial charge in [-0.25, -0.2) is 4.79 Å². The first-order valence-corrected chi connectivity index (χ1v) is 32.7. The third-order valence-corrected chi connectivity index (χ3v) is 18.5. The summed E-state index contributed by atoms with van der Waals surface area (Å²) in [4.78, 5) is 50.8. The number of rotatable bonds is 32. The molecule has 40 atom stereocenters. The van der Waals surface area contributed by atoms with Crippen molar-refractivity contribution in [3.8, 4) is 0 Å². The van der Waals surface area contributed by atoms with Crippen LogP contribution in [0.3, 0.4) is 0 Å². The van der Waals surface area contributed by atoms with Gasteiger partial charge in [-0.2, -0.15) is 0 Å². The molecule has 0 aliphatic carbocycles. The van der Waals surface area contributed by atoms with Gasteiger partial charge >= 0.3 is 5.97 Å². The Kier molecular flexibility index (Phi) is 32.2. The molecule has 7 aliphatic rings. The van der Waals surface area contributed by atoms with Gasteiger partial charge in [-0.05, 0) is 0 Å². The molecule has 0 unspecified atom stereocenters. The number of carboxylic acid groups (broad SMARTS) is 1. The maximum atomic E-state index is 13.0. The Labute approximate surface area is 588 Å². The van der Waals surface area contributed by atoms with Gasteiger partial charge in [0.2, 0.25) is 17.7 Å². The number of carbonyl (C=O) groups is 4. The van der Waals surface area contributed by atoms with E-state index in [0.717, 1.165) is 20.8 Å². The molecule has 7 saturated heterocycles. The lowest BCUT2D eigenvalue weighted by Gasteiger charge is -2.50. The SMILES string of the molecule is CC(=O)N[C@H]1[C@H](O[C@H]2[C@@H](O)[C@@H](CO[C@@H]3O[C@H](CO)[C@@H](O[C@@H]4O[C@H](CO)[C@H](O)[C@H](O[C@H]5O[C@H](CO)[C@H](O)[C@H](O)[C@H]5O)[C@H]4O)[C@H](O)[C@H]3NC(C)=O)O[C@@H](O[C@@H]([C@H](O)[C@@H](O)CO)[C@H](O)CO)[C@@H]2O)O[C@H](CO)[C@@H](O[C@@H]2O[C@H](CO[C@]3(C(=O)O)C[C@H](O)[C@@H](NC(C)=O)[C@H]([C@H](O)[C@H](O)CO)O3)[C@H](O)[C@H](O)[C@H]2O)[C@@H]1O. The van der Waals surface area contributed by atoms with Crippen LogP contribution in [0.2, 0.25) is 0 Å². The summed E-state index contributed by atoms with van der Waals surface area (Å²) in [5.41, 5.74) is 0. The van der Waals surface area contributed by atoms with Crippen LogP contribution in [0.1, 0.15) is 27.2 Å². The number of carbonyl (C=O) groups excluding carboxylic acids is 3. The van der Waals surface area contributed by atoms with E-state index in [2.05, 4.69) is 16.0 Å². The fourth-order valence-corrected chi connectivity index (χ4v) is 12.8. The molecule has 104 heavy (non-hydrogen) atoms. The lowest BCUT2D eigenvalue weighted by Crippen LogP contribution is -2.70. The van der Waals surface area contributed by atoms with Crippen molar-refractivity contribution >= 4 is 23.7 Å². The molecular weight excluding hydrogens is 1430 g/mol. The van der Waals surface area contributed by atoms with E-state index >= 15 is 0 Å². The molecule has 604 valence electrons. The molecule has 0 aromatic carbocycles. The monoisotopic (exact) mass is 1530 g/mol. The summed E-state index contributed by atoms with van der Waals surface area (Å²) in [6.45, 7) is -7.46. The fraction of sp³-hybridized carbons (Fsp3) is 0.930. The quantitative estimate of drug-likeness (QED) is 0.0297. The smallest absolute Gasteiger partial charge is 0.364 e. The molecule has 0 spiro atoms. The topological polar surface area (TPSA) is 760 Å². The Morgan fingerprint density at radius 1 is 0.413 bits per heavy atom. The predicted molar refractivity (Wildman–Crippen MR) is 319 cm³/mol. The van der Waals surface area contributed by atoms with Crippen molar-refractivity contribution in [2.75, 3.05) is 59.5 Å². The van der Waals surface area contributed by atoms with E-state index in [1.54, 1.807) is 0 Å². The van der Waals surface area contributed by atoms with E-state index in [0.29, 0.717) is 0 Å². The molecule has 0 radical (unpaired) electrons. The van der Waals surface area contributed by atoms with Crippen LogP contribution in [0.15, 0.2) is 0 Å². The van der Waals surface area contributed by atoms with Crippen LogP contribution in [0.25, 0.3) is 0 Å². The highest BCUT2D eigenvalue weighted by Crippen LogP contribution is 2.39. The second-order valence-electron chi connectivity index (χ2n) is 25.8. The van der Waals surface area contributed by atoms with Crippen LogP contribution in [0.5, 0.6) is 0 Å². The van der Waals surface area contributed by atoms with E-state index in [1.165, 1.54) is 0 Å². The lowest BCUT2D eigenvalue weighted by atomic mass is 9.88. The normalized spacial score (nSPS) is 44.8. The van der Waals surface area contributed by atoms with Crippen molar-refractivity contribution in [3.05, 3.63) is 0 Å². The van der Waals surface area contributed by atoms with Gasteiger partial charge in [-0.1, -0.05) is 0 Å². The second kappa shape index (κ2) is 38.3. The van der Waals surface area contributed by atoms with Crippen LogP contribution < -0.4 is 16.0 Å². The molecule has 0 aromatic heterocycles. The van der Waals surface area contributed by atoms with Gasteiger partial charge in [0.05, 0.1) is 71.6 Å². The van der Waals surface area contributed by atoms with Gasteiger partial charge in [0, 0.05) is 27.2 Å². The highest BCUT2D eigenvalue weighted by molar-refractivity contribution is 5.77. The molecule has 29 N–H and O–H groups in total. The Hall–Kier alpha value is -3.68. The minimum Gasteiger partial charge on any atom is -0.477 e. The number of hydrogen-bond donors (Lipinski definition) is 29. The Morgan fingerprint density at radius 2 is 0.798 bits per heavy atom. The summed E-state index contributed by atoms with van der Waals surface area (Å²) < 4.78 is 80.7. The number of aliphatic hydroxyl groups excluding tert-OH is 25. The molecule has 47 nitrogen and oxygen atoms in total. The molecule has 7 fully saturated rings. The Morgan fingerprint density at radius 3 is 1.28 bits per heavy atom. The third-order valence-electron chi connectivity index (χ3n) is 18.5. The number of hydrogen-bond acceptors (Lipinski definition) is 43. The van der Waals surface area contributed by atoms with Gasteiger partial charge in [0.25, 0.3) is 5.79 Å². The van der Waals surface area contributed by atoms with E-state index in [4.69, 9.17) is 66.3 Å². The predicted octanol–water partition coefficient (Wildman–Crippen LogP) is -19.2. The van der Waals surface area contributed by atoms with Crippen molar-refractivity contribution in [1.82, 2.24) is 16.0 Å². The largest absolute Gasteiger partial charge is 0.477 e. The van der Waals surface area contributed by atoms with Gasteiger partial charge in [-0.3, -0.25) is 14.4 Å². The second-order valence-corrected chi connectivity index (χ2v) is 25.8. The van der Waals surface area contributed by atoms with Gasteiger partial charge in [-0.15, -0.1) is 0 Å². The number of ether oxygens (including phenoxy) is 14. The molecule has 7 rings (SSSR count). The molecule has 47 heteroatoms. The van der Waals surface area contributed by atoms with E-state index in [9.17, 15) is 152 Å². The first-order chi connectivity index (χ1) is 49.0. The highest BCUT2D eigenvalue weighted by atomic mass is 16.8. The van der Waals surface area contributed by atoms with E-state index in [-0.39, 0.29) is 0 Å². The summed E-state index contributed by atoms with van der Waals surface area (Å²) in [6.07, 6.45) is -77.4. The van der Waals surface area contributed by atoms with Crippen LogP contribution in [0, 0.1) is 0 Å². The molecule has 3 amide bonds. The summed E-state index contributed by atoms with van der Waals surface area (Å²) in [5.74, 6) is -7.86. The van der Waals surface area contributed by atoms with Crippen molar-refractivity contribution < 1.29 is 218 Å². The van der Waals surface area contributed by atoms with Gasteiger partial charge < -0.3 is 215 Å².